The molecule has 0 N–H and O–H groups in total. The fraction of sp³-hybridized carbons (Fsp3) is 0.111. The number of hydrogen-bond donors (Lipinski definition) is 0. The van der Waals surface area contributed by atoms with E-state index in [1.165, 1.54) is 22.3 Å². The summed E-state index contributed by atoms with van der Waals surface area (Å²) in [4.78, 5) is 0. The highest BCUT2D eigenvalue weighted by Gasteiger charge is 2.41. The lowest BCUT2D eigenvalue weighted by molar-refractivity contribution is 0.542. The summed E-state index contributed by atoms with van der Waals surface area (Å²) in [6, 6.07) is 15.2. The summed E-state index contributed by atoms with van der Waals surface area (Å²) in [6.07, 6.45) is 28.1. The summed E-state index contributed by atoms with van der Waals surface area (Å²) in [5.74, 6) is 5.05. The minimum absolute atomic E-state index is 0.128. The Morgan fingerprint density at radius 3 is 2.04 bits per heavy atom. The molecule has 1 aliphatic rings. The highest BCUT2D eigenvalue weighted by molar-refractivity contribution is 9.10. The van der Waals surface area contributed by atoms with Gasteiger partial charge in [0.1, 0.15) is 0 Å². The highest BCUT2D eigenvalue weighted by Crippen LogP contribution is 2.55. The summed E-state index contributed by atoms with van der Waals surface area (Å²) in [5.41, 5.74) is 5.16. The van der Waals surface area contributed by atoms with Crippen LogP contribution in [0.5, 0.6) is 0 Å². The second kappa shape index (κ2) is 9.27. The van der Waals surface area contributed by atoms with Gasteiger partial charge in [-0.2, -0.15) is 0 Å². The van der Waals surface area contributed by atoms with Crippen LogP contribution in [0.25, 0.3) is 11.1 Å². The maximum atomic E-state index is 5.30. The first-order chi connectivity index (χ1) is 13.7. The van der Waals surface area contributed by atoms with Crippen LogP contribution in [0, 0.1) is 24.7 Å². The Balaban J connectivity index is 2.11. The molecule has 0 aromatic heterocycles. The monoisotopic (exact) mass is 424 g/mol. The molecule has 0 spiro atoms. The van der Waals surface area contributed by atoms with E-state index in [1.54, 1.807) is 12.2 Å². The van der Waals surface area contributed by atoms with Crippen LogP contribution in [-0.2, 0) is 5.41 Å². The molecule has 28 heavy (non-hydrogen) atoms. The second-order valence-corrected chi connectivity index (χ2v) is 7.46. The van der Waals surface area contributed by atoms with Gasteiger partial charge in [-0.3, -0.25) is 0 Å². The van der Waals surface area contributed by atoms with Crippen molar-refractivity contribution in [2.24, 2.45) is 0 Å². The highest BCUT2D eigenvalue weighted by atomic mass is 79.9. The van der Waals surface area contributed by atoms with Gasteiger partial charge in [-0.1, -0.05) is 101 Å². The molecule has 1 heteroatoms. The van der Waals surface area contributed by atoms with Crippen LogP contribution < -0.4 is 0 Å². The van der Waals surface area contributed by atoms with Gasteiger partial charge in [0.05, 0.1) is 0 Å². The third-order valence-electron chi connectivity index (χ3n) is 5.05. The number of fused-ring (bicyclic) bond motifs is 3. The molecular formula is C27H21Br. The van der Waals surface area contributed by atoms with Gasteiger partial charge in [-0.25, -0.2) is 0 Å². The summed E-state index contributed by atoms with van der Waals surface area (Å²) in [6.45, 7) is 0. The smallest absolute Gasteiger partial charge is 0.0284 e. The van der Waals surface area contributed by atoms with Crippen LogP contribution in [0.2, 0.25) is 0 Å². The molecule has 0 fully saturated rings. The first-order valence-corrected chi connectivity index (χ1v) is 9.98. The van der Waals surface area contributed by atoms with Crippen LogP contribution >= 0.6 is 15.9 Å². The fourth-order valence-corrected chi connectivity index (χ4v) is 4.48. The number of halogens is 1. The topological polar surface area (TPSA) is 0 Å². The Kier molecular flexibility index (Phi) is 6.54. The fourth-order valence-electron chi connectivity index (χ4n) is 3.90. The Bertz CT molecular complexity index is 1010. The van der Waals surface area contributed by atoms with Crippen molar-refractivity contribution < 1.29 is 0 Å². The van der Waals surface area contributed by atoms with E-state index in [4.69, 9.17) is 12.8 Å². The van der Waals surface area contributed by atoms with Crippen molar-refractivity contribution in [3.05, 3.63) is 107 Å². The van der Waals surface area contributed by atoms with Gasteiger partial charge in [0.2, 0.25) is 0 Å². The number of hydrogen-bond acceptors (Lipinski definition) is 0. The summed E-state index contributed by atoms with van der Waals surface area (Å²) >= 11 is 3.77. The first kappa shape index (κ1) is 19.8. The zero-order chi connectivity index (χ0) is 19.8. The SMILES string of the molecule is C#C/C=C\C=C/CC1(C/C=C\C=C/C#C)c2ccccc2-c2c(Br)cccc21. The van der Waals surface area contributed by atoms with Crippen molar-refractivity contribution in [1.82, 2.24) is 0 Å². The molecule has 1 aliphatic carbocycles. The second-order valence-electron chi connectivity index (χ2n) is 6.61. The standard InChI is InChI=1S/C27H21Br/c1-3-5-7-9-13-20-27(21-14-10-8-6-4-2)23-17-12-11-16-22(23)26-24(27)18-15-19-25(26)28/h1-2,5-19H,20-21H2/b7-5-,8-6-,13-9-,14-10-. The molecule has 0 heterocycles. The van der Waals surface area contributed by atoms with Crippen molar-refractivity contribution in [3.63, 3.8) is 0 Å². The minimum atomic E-state index is -0.128. The van der Waals surface area contributed by atoms with E-state index in [-0.39, 0.29) is 5.41 Å². The van der Waals surface area contributed by atoms with Crippen molar-refractivity contribution in [1.29, 1.82) is 0 Å². The summed E-state index contributed by atoms with van der Waals surface area (Å²) in [5, 5.41) is 0. The Morgan fingerprint density at radius 2 is 1.39 bits per heavy atom. The van der Waals surface area contributed by atoms with Gasteiger partial charge >= 0.3 is 0 Å². The number of rotatable bonds is 6. The van der Waals surface area contributed by atoms with Gasteiger partial charge in [-0.15, -0.1) is 12.8 Å². The van der Waals surface area contributed by atoms with Crippen LogP contribution in [0.15, 0.2) is 95.5 Å². The lowest BCUT2D eigenvalue weighted by atomic mass is 9.72. The van der Waals surface area contributed by atoms with Crippen LogP contribution in [0.1, 0.15) is 24.0 Å². The van der Waals surface area contributed by atoms with Gasteiger partial charge in [-0.05, 0) is 47.8 Å². The third kappa shape index (κ3) is 3.82. The molecule has 3 rings (SSSR count). The number of terminal acetylenes is 2. The largest absolute Gasteiger partial charge is 0.115 e. The van der Waals surface area contributed by atoms with Gasteiger partial charge in [0.25, 0.3) is 0 Å². The van der Waals surface area contributed by atoms with E-state index in [9.17, 15) is 0 Å². The predicted molar refractivity (Wildman–Crippen MR) is 124 cm³/mol. The quantitative estimate of drug-likeness (QED) is 0.346. The van der Waals surface area contributed by atoms with E-state index in [2.05, 4.69) is 82.4 Å². The maximum absolute atomic E-state index is 5.30. The van der Waals surface area contributed by atoms with E-state index < -0.39 is 0 Å². The van der Waals surface area contributed by atoms with E-state index in [0.29, 0.717) is 0 Å². The minimum Gasteiger partial charge on any atom is -0.115 e. The van der Waals surface area contributed by atoms with Gasteiger partial charge in [0.15, 0.2) is 0 Å². The zero-order valence-electron chi connectivity index (χ0n) is 15.6. The molecule has 0 amide bonds. The Labute approximate surface area is 176 Å². The average molecular weight is 425 g/mol. The molecule has 136 valence electrons. The van der Waals surface area contributed by atoms with E-state index in [0.717, 1.165) is 17.3 Å². The normalized spacial score (nSPS) is 14.5. The predicted octanol–water partition coefficient (Wildman–Crippen LogP) is 6.99. The van der Waals surface area contributed by atoms with Gasteiger partial charge in [0, 0.05) is 15.5 Å². The molecule has 0 saturated heterocycles. The molecule has 0 unspecified atom stereocenters. The average Bonchev–Trinajstić information content (AvgIpc) is 2.99. The third-order valence-corrected chi connectivity index (χ3v) is 5.71. The van der Waals surface area contributed by atoms with Crippen molar-refractivity contribution >= 4 is 15.9 Å². The Hall–Kier alpha value is -3.00. The number of benzene rings is 2. The summed E-state index contributed by atoms with van der Waals surface area (Å²) in [7, 11) is 0. The molecule has 0 saturated carbocycles. The number of allylic oxidation sites excluding steroid dienone is 8. The molecule has 0 radical (unpaired) electrons. The summed E-state index contributed by atoms with van der Waals surface area (Å²) < 4.78 is 1.13. The Morgan fingerprint density at radius 1 is 0.786 bits per heavy atom. The molecule has 2 aromatic carbocycles. The van der Waals surface area contributed by atoms with Crippen LogP contribution in [0.4, 0.5) is 0 Å². The zero-order valence-corrected chi connectivity index (χ0v) is 17.2. The van der Waals surface area contributed by atoms with Crippen LogP contribution in [0.3, 0.4) is 0 Å². The first-order valence-electron chi connectivity index (χ1n) is 9.19. The van der Waals surface area contributed by atoms with E-state index >= 15 is 0 Å². The van der Waals surface area contributed by atoms with Crippen molar-refractivity contribution in [3.8, 4) is 35.8 Å². The van der Waals surface area contributed by atoms with Crippen molar-refractivity contribution in [2.75, 3.05) is 0 Å². The van der Waals surface area contributed by atoms with Crippen molar-refractivity contribution in [2.45, 2.75) is 18.3 Å². The molecule has 0 atom stereocenters. The lowest BCUT2D eigenvalue weighted by Crippen LogP contribution is -2.23. The maximum Gasteiger partial charge on any atom is 0.0284 e. The molecule has 0 bridgehead atoms. The van der Waals surface area contributed by atoms with E-state index in [1.807, 2.05) is 24.3 Å². The molecule has 0 nitrogen and oxygen atoms in total. The molecule has 2 aromatic rings. The molecule has 0 aliphatic heterocycles. The van der Waals surface area contributed by atoms with Crippen LogP contribution in [-0.4, -0.2) is 0 Å². The lowest BCUT2D eigenvalue weighted by Gasteiger charge is -2.30. The molecular weight excluding hydrogens is 404 g/mol. The van der Waals surface area contributed by atoms with Gasteiger partial charge < -0.3 is 0 Å².